The Kier molecular flexibility index (Phi) is 8.31. The van der Waals surface area contributed by atoms with Crippen LogP contribution in [0.25, 0.3) is 0 Å². The molecule has 0 bridgehead atoms. The number of carboxylic acid groups (broad SMARTS) is 1. The molecule has 0 aromatic rings. The van der Waals surface area contributed by atoms with E-state index in [0.29, 0.717) is 6.08 Å². The minimum Gasteiger partial charge on any atom is -0.478 e. The van der Waals surface area contributed by atoms with E-state index < -0.39 is 90.2 Å². The van der Waals surface area contributed by atoms with Gasteiger partial charge in [0.15, 0.2) is 12.4 Å². The van der Waals surface area contributed by atoms with Gasteiger partial charge in [-0.05, 0) is 6.08 Å². The van der Waals surface area contributed by atoms with Gasteiger partial charge in [-0.2, -0.15) is 8.42 Å². The summed E-state index contributed by atoms with van der Waals surface area (Å²) in [6.45, 7) is -0.372. The van der Waals surface area contributed by atoms with E-state index in [0.717, 1.165) is 6.92 Å². The van der Waals surface area contributed by atoms with Crippen LogP contribution in [0.3, 0.4) is 0 Å². The van der Waals surface area contributed by atoms with Gasteiger partial charge in [0.1, 0.15) is 36.6 Å². The molecule has 0 saturated carbocycles. The molecule has 2 aliphatic rings. The van der Waals surface area contributed by atoms with Gasteiger partial charge < -0.3 is 45.1 Å². The summed E-state index contributed by atoms with van der Waals surface area (Å²) in [4.78, 5) is 22.6. The van der Waals surface area contributed by atoms with Crippen molar-refractivity contribution in [3.8, 4) is 0 Å². The summed E-state index contributed by atoms with van der Waals surface area (Å²) in [7, 11) is -5.10. The van der Waals surface area contributed by atoms with Crippen LogP contribution >= 0.6 is 0 Å². The normalized spacial score (nSPS) is 36.3. The number of hydrogen-bond acceptors (Lipinski definition) is 12. The molecule has 2 aliphatic heterocycles. The van der Waals surface area contributed by atoms with E-state index in [2.05, 4.69) is 9.50 Å². The summed E-state index contributed by atoms with van der Waals surface area (Å²) in [5.74, 6) is -3.01. The maximum absolute atomic E-state index is 11.4. The number of ether oxygens (including phenoxy) is 3. The van der Waals surface area contributed by atoms with Crippen LogP contribution in [-0.2, 0) is 38.4 Å². The number of carbonyl (C=O) groups excluding carboxylic acids is 1. The molecule has 31 heavy (non-hydrogen) atoms. The molecule has 0 unspecified atom stereocenters. The molecule has 15 nitrogen and oxygen atoms in total. The molecule has 0 aromatic heterocycles. The van der Waals surface area contributed by atoms with Crippen LogP contribution in [0, 0.1) is 0 Å². The Morgan fingerprint density at radius 3 is 2.35 bits per heavy atom. The minimum absolute atomic E-state index is 0.635. The van der Waals surface area contributed by atoms with E-state index in [9.17, 15) is 38.4 Å². The van der Waals surface area contributed by atoms with Crippen molar-refractivity contribution in [2.24, 2.45) is 0 Å². The number of aliphatic carboxylic acids is 1. The van der Waals surface area contributed by atoms with Crippen molar-refractivity contribution < 1.29 is 66.5 Å². The molecule has 8 atom stereocenters. The first-order valence-corrected chi connectivity index (χ1v) is 10.2. The van der Waals surface area contributed by atoms with Gasteiger partial charge in [-0.1, -0.05) is 0 Å². The Labute approximate surface area is 175 Å². The molecule has 0 spiro atoms. The molecule has 1 saturated heterocycles. The van der Waals surface area contributed by atoms with Gasteiger partial charge in [-0.25, -0.2) is 8.98 Å². The van der Waals surface area contributed by atoms with Crippen LogP contribution in [-0.4, -0.2) is 113 Å². The van der Waals surface area contributed by atoms with Crippen LogP contribution in [0.15, 0.2) is 11.8 Å². The summed E-state index contributed by atoms with van der Waals surface area (Å²) in [5, 5.41) is 51.1. The average Bonchev–Trinajstić information content (AvgIpc) is 2.64. The number of nitrogens with one attached hydrogen (secondary N) is 1. The first-order chi connectivity index (χ1) is 14.3. The van der Waals surface area contributed by atoms with Crippen molar-refractivity contribution in [2.75, 3.05) is 13.2 Å². The molecule has 0 aromatic carbocycles. The van der Waals surface area contributed by atoms with Crippen molar-refractivity contribution >= 4 is 22.3 Å². The number of aliphatic hydroxyl groups is 4. The molecule has 16 heteroatoms. The summed E-state index contributed by atoms with van der Waals surface area (Å²) in [6.07, 6.45) is -10.8. The van der Waals surface area contributed by atoms with Crippen molar-refractivity contribution in [2.45, 2.75) is 55.9 Å². The number of carbonyl (C=O) groups is 2. The Morgan fingerprint density at radius 1 is 1.19 bits per heavy atom. The fraction of sp³-hybridized carbons (Fsp3) is 0.733. The molecule has 2 heterocycles. The maximum atomic E-state index is 11.4. The molecule has 2 rings (SSSR count). The van der Waals surface area contributed by atoms with Gasteiger partial charge in [0.05, 0.1) is 13.2 Å². The monoisotopic (exact) mass is 473 g/mol. The lowest BCUT2D eigenvalue weighted by molar-refractivity contribution is -0.266. The van der Waals surface area contributed by atoms with E-state index in [-0.39, 0.29) is 0 Å². The first kappa shape index (κ1) is 25.4. The number of hydrogen-bond donors (Lipinski definition) is 7. The van der Waals surface area contributed by atoms with Crippen LogP contribution in [0.1, 0.15) is 6.92 Å². The van der Waals surface area contributed by atoms with Crippen molar-refractivity contribution in [1.82, 2.24) is 5.32 Å². The predicted octanol–water partition coefficient (Wildman–Crippen LogP) is -4.14. The highest BCUT2D eigenvalue weighted by Gasteiger charge is 2.47. The van der Waals surface area contributed by atoms with Gasteiger partial charge in [0.25, 0.3) is 0 Å². The Hall–Kier alpha value is -1.89. The van der Waals surface area contributed by atoms with Crippen LogP contribution in [0.5, 0.6) is 0 Å². The highest BCUT2D eigenvalue weighted by atomic mass is 32.3. The van der Waals surface area contributed by atoms with Gasteiger partial charge in [0, 0.05) is 6.92 Å². The van der Waals surface area contributed by atoms with Gasteiger partial charge in [0.2, 0.25) is 11.7 Å². The molecule has 7 N–H and O–H groups in total. The predicted molar refractivity (Wildman–Crippen MR) is 94.3 cm³/mol. The van der Waals surface area contributed by atoms with E-state index in [1.54, 1.807) is 0 Å². The second-order valence-electron chi connectivity index (χ2n) is 6.73. The zero-order chi connectivity index (χ0) is 23.5. The highest BCUT2D eigenvalue weighted by Crippen LogP contribution is 2.26. The zero-order valence-corrected chi connectivity index (χ0v) is 16.8. The number of amides is 1. The standard InChI is InChI=1S/C15H23NO14S/c1-5(18)16-10-13(11(20)8(3-17)29-15(10)23)27-4-9-12(30-31(24,25)26)6(19)2-7(28-9)14(21)22/h2,6,8-13,15,17,19-20,23H,3-4H2,1H3,(H,16,18)(H,21,22)(H,24,25,26)/t6-,8+,9-,10+,11-,12+,13+,15+/m0/s1. The largest absolute Gasteiger partial charge is 0.478 e. The smallest absolute Gasteiger partial charge is 0.397 e. The zero-order valence-electron chi connectivity index (χ0n) is 16.0. The van der Waals surface area contributed by atoms with Crippen molar-refractivity contribution in [3.63, 3.8) is 0 Å². The SMILES string of the molecule is CC(=O)N[C@@H]1[C@@H](OC[C@@H]2OC(C(=O)O)=C[C@H](O)[C@H]2OS(=O)(=O)O)[C@@H](O)[C@@H](CO)O[C@H]1O. The van der Waals surface area contributed by atoms with Crippen molar-refractivity contribution in [1.29, 1.82) is 0 Å². The van der Waals surface area contributed by atoms with E-state index in [1.807, 2.05) is 0 Å². The third-order valence-electron chi connectivity index (χ3n) is 4.44. The van der Waals surface area contributed by atoms with Gasteiger partial charge >= 0.3 is 16.4 Å². The second kappa shape index (κ2) is 10.2. The second-order valence-corrected chi connectivity index (χ2v) is 7.78. The summed E-state index contributed by atoms with van der Waals surface area (Å²) in [5.41, 5.74) is 0. The lowest BCUT2D eigenvalue weighted by atomic mass is 9.96. The topological polar surface area (TPSA) is 239 Å². The lowest BCUT2D eigenvalue weighted by Gasteiger charge is -2.43. The number of aliphatic hydroxyl groups excluding tert-OH is 4. The molecule has 0 radical (unpaired) electrons. The third kappa shape index (κ3) is 6.55. The Morgan fingerprint density at radius 2 is 1.84 bits per heavy atom. The van der Waals surface area contributed by atoms with Gasteiger partial charge in [-0.3, -0.25) is 9.35 Å². The lowest BCUT2D eigenvalue weighted by Crippen LogP contribution is -2.65. The molecule has 178 valence electrons. The maximum Gasteiger partial charge on any atom is 0.397 e. The van der Waals surface area contributed by atoms with Crippen LogP contribution in [0.4, 0.5) is 0 Å². The minimum atomic E-state index is -5.10. The first-order valence-electron chi connectivity index (χ1n) is 8.80. The Bertz CT molecular complexity index is 800. The highest BCUT2D eigenvalue weighted by molar-refractivity contribution is 7.80. The van der Waals surface area contributed by atoms with Crippen LogP contribution < -0.4 is 5.32 Å². The molecular formula is C15H23NO14S. The third-order valence-corrected chi connectivity index (χ3v) is 4.91. The fourth-order valence-corrected chi connectivity index (χ4v) is 3.65. The van der Waals surface area contributed by atoms with E-state index in [4.69, 9.17) is 23.9 Å². The molecule has 0 aliphatic carbocycles. The van der Waals surface area contributed by atoms with E-state index >= 15 is 0 Å². The molecular weight excluding hydrogens is 450 g/mol. The fourth-order valence-electron chi connectivity index (χ4n) is 3.13. The summed E-state index contributed by atoms with van der Waals surface area (Å²) in [6, 6.07) is -1.35. The molecule has 1 amide bonds. The van der Waals surface area contributed by atoms with Crippen LogP contribution in [0.2, 0.25) is 0 Å². The van der Waals surface area contributed by atoms with E-state index in [1.165, 1.54) is 0 Å². The average molecular weight is 473 g/mol. The van der Waals surface area contributed by atoms with Crippen molar-refractivity contribution in [3.05, 3.63) is 11.8 Å². The summed E-state index contributed by atoms with van der Waals surface area (Å²) >= 11 is 0. The van der Waals surface area contributed by atoms with Gasteiger partial charge in [-0.15, -0.1) is 0 Å². The summed E-state index contributed by atoms with van der Waals surface area (Å²) < 4.78 is 50.9. The Balaban J connectivity index is 2.25. The molecule has 1 fully saturated rings. The number of carboxylic acids is 1. The quantitative estimate of drug-likeness (QED) is 0.166. The number of rotatable bonds is 8.